The minimum Gasteiger partial charge on any atom is -0.321 e. The predicted molar refractivity (Wildman–Crippen MR) is 64.9 cm³/mol. The number of halogens is 2. The summed E-state index contributed by atoms with van der Waals surface area (Å²) in [4.78, 5) is 0. The summed E-state index contributed by atoms with van der Waals surface area (Å²) >= 11 is 5.74. The molecule has 88 valence electrons. The highest BCUT2D eigenvalue weighted by Crippen LogP contribution is 2.38. The van der Waals surface area contributed by atoms with E-state index in [0.717, 1.165) is 25.7 Å². The van der Waals surface area contributed by atoms with Crippen molar-refractivity contribution < 1.29 is 4.39 Å². The molecule has 1 fully saturated rings. The Labute approximate surface area is 101 Å². The van der Waals surface area contributed by atoms with E-state index in [1.165, 1.54) is 6.07 Å². The van der Waals surface area contributed by atoms with E-state index in [0.29, 0.717) is 16.5 Å². The van der Waals surface area contributed by atoms with Crippen LogP contribution >= 0.6 is 11.6 Å². The zero-order chi connectivity index (χ0) is 11.8. The minimum absolute atomic E-state index is 0.274. The van der Waals surface area contributed by atoms with Gasteiger partial charge in [0.1, 0.15) is 5.82 Å². The van der Waals surface area contributed by atoms with E-state index in [2.05, 4.69) is 6.92 Å². The van der Waals surface area contributed by atoms with Crippen LogP contribution in [0.3, 0.4) is 0 Å². The summed E-state index contributed by atoms with van der Waals surface area (Å²) in [5.41, 5.74) is 6.43. The van der Waals surface area contributed by atoms with Gasteiger partial charge >= 0.3 is 0 Å². The quantitative estimate of drug-likeness (QED) is 0.794. The molecule has 0 aromatic heterocycles. The van der Waals surface area contributed by atoms with Gasteiger partial charge in [-0.3, -0.25) is 0 Å². The number of rotatable bonds is 1. The van der Waals surface area contributed by atoms with Crippen LogP contribution in [-0.2, 0) is 5.54 Å². The molecule has 16 heavy (non-hydrogen) atoms. The maximum absolute atomic E-state index is 13.8. The first-order valence-corrected chi connectivity index (χ1v) is 6.13. The average molecular weight is 242 g/mol. The Morgan fingerprint density at radius 2 is 2.00 bits per heavy atom. The van der Waals surface area contributed by atoms with E-state index in [9.17, 15) is 4.39 Å². The lowest BCUT2D eigenvalue weighted by atomic mass is 9.74. The maximum Gasteiger partial charge on any atom is 0.129 e. The molecule has 0 aliphatic heterocycles. The molecule has 0 spiro atoms. The van der Waals surface area contributed by atoms with Gasteiger partial charge in [-0.25, -0.2) is 4.39 Å². The van der Waals surface area contributed by atoms with E-state index >= 15 is 0 Å². The molecule has 0 saturated heterocycles. The van der Waals surface area contributed by atoms with Gasteiger partial charge in [0.15, 0.2) is 0 Å². The Bertz CT molecular complexity index is 384. The van der Waals surface area contributed by atoms with Crippen LogP contribution in [0.15, 0.2) is 18.2 Å². The zero-order valence-corrected chi connectivity index (χ0v) is 10.2. The Kier molecular flexibility index (Phi) is 3.22. The fourth-order valence-corrected chi connectivity index (χ4v) is 2.60. The van der Waals surface area contributed by atoms with Crippen molar-refractivity contribution in [3.63, 3.8) is 0 Å². The normalized spacial score (nSPS) is 30.4. The molecule has 1 nitrogen and oxygen atoms in total. The molecular weight excluding hydrogens is 225 g/mol. The van der Waals surface area contributed by atoms with Crippen molar-refractivity contribution >= 4 is 11.6 Å². The van der Waals surface area contributed by atoms with Gasteiger partial charge in [0.2, 0.25) is 0 Å². The van der Waals surface area contributed by atoms with Crippen molar-refractivity contribution in [2.45, 2.75) is 38.1 Å². The second-order valence-electron chi connectivity index (χ2n) is 4.96. The molecule has 2 rings (SSSR count). The number of benzene rings is 1. The molecule has 0 unspecified atom stereocenters. The van der Waals surface area contributed by atoms with Crippen LogP contribution in [0.2, 0.25) is 5.02 Å². The van der Waals surface area contributed by atoms with Crippen LogP contribution in [0.1, 0.15) is 38.2 Å². The maximum atomic E-state index is 13.8. The second-order valence-corrected chi connectivity index (χ2v) is 5.40. The molecule has 1 aromatic rings. The van der Waals surface area contributed by atoms with E-state index in [1.807, 2.05) is 0 Å². The molecular formula is C13H17ClFN. The first-order chi connectivity index (χ1) is 7.51. The van der Waals surface area contributed by atoms with Crippen LogP contribution in [-0.4, -0.2) is 0 Å². The van der Waals surface area contributed by atoms with Gasteiger partial charge in [-0.05, 0) is 43.7 Å². The van der Waals surface area contributed by atoms with Gasteiger partial charge in [0, 0.05) is 16.1 Å². The van der Waals surface area contributed by atoms with Crippen LogP contribution in [0, 0.1) is 11.7 Å². The summed E-state index contributed by atoms with van der Waals surface area (Å²) in [5.74, 6) is 0.427. The van der Waals surface area contributed by atoms with E-state index in [1.54, 1.807) is 12.1 Å². The summed E-state index contributed by atoms with van der Waals surface area (Å²) in [7, 11) is 0. The molecule has 1 saturated carbocycles. The van der Waals surface area contributed by atoms with Gasteiger partial charge in [-0.1, -0.05) is 24.6 Å². The molecule has 1 aromatic carbocycles. The third-order valence-corrected chi connectivity index (χ3v) is 3.87. The van der Waals surface area contributed by atoms with Gasteiger partial charge in [-0.15, -0.1) is 0 Å². The number of hydrogen-bond acceptors (Lipinski definition) is 1. The summed E-state index contributed by atoms with van der Waals surface area (Å²) in [5, 5.41) is 0.425. The molecule has 1 aliphatic rings. The van der Waals surface area contributed by atoms with Crippen molar-refractivity contribution in [3.8, 4) is 0 Å². The fraction of sp³-hybridized carbons (Fsp3) is 0.538. The highest BCUT2D eigenvalue weighted by atomic mass is 35.5. The van der Waals surface area contributed by atoms with Crippen LogP contribution < -0.4 is 5.73 Å². The number of nitrogens with two attached hydrogens (primary N) is 1. The topological polar surface area (TPSA) is 26.0 Å². The summed E-state index contributed by atoms with van der Waals surface area (Å²) in [6, 6.07) is 4.80. The van der Waals surface area contributed by atoms with Crippen molar-refractivity contribution in [1.82, 2.24) is 0 Å². The Morgan fingerprint density at radius 3 is 2.56 bits per heavy atom. The van der Waals surface area contributed by atoms with Gasteiger partial charge in [0.05, 0.1) is 0 Å². The lowest BCUT2D eigenvalue weighted by Gasteiger charge is -2.36. The third-order valence-electron chi connectivity index (χ3n) is 3.63. The zero-order valence-electron chi connectivity index (χ0n) is 9.47. The van der Waals surface area contributed by atoms with Crippen molar-refractivity contribution in [2.75, 3.05) is 0 Å². The molecule has 2 N–H and O–H groups in total. The predicted octanol–water partition coefficient (Wildman–Crippen LogP) is 3.84. The first kappa shape index (κ1) is 11.9. The molecule has 0 atom stereocenters. The highest BCUT2D eigenvalue weighted by Gasteiger charge is 2.33. The molecule has 1 aliphatic carbocycles. The molecule has 0 amide bonds. The van der Waals surface area contributed by atoms with Gasteiger partial charge < -0.3 is 5.73 Å². The van der Waals surface area contributed by atoms with Crippen LogP contribution in [0.5, 0.6) is 0 Å². The molecule has 0 heterocycles. The fourth-order valence-electron chi connectivity index (χ4n) is 2.44. The molecule has 0 radical (unpaired) electrons. The monoisotopic (exact) mass is 241 g/mol. The Balaban J connectivity index is 2.29. The van der Waals surface area contributed by atoms with Crippen molar-refractivity contribution in [1.29, 1.82) is 0 Å². The van der Waals surface area contributed by atoms with E-state index < -0.39 is 5.54 Å². The molecule has 0 bridgehead atoms. The summed E-state index contributed by atoms with van der Waals surface area (Å²) in [6.07, 6.45) is 3.84. The Morgan fingerprint density at radius 1 is 1.38 bits per heavy atom. The lowest BCUT2D eigenvalue weighted by Crippen LogP contribution is -2.40. The highest BCUT2D eigenvalue weighted by molar-refractivity contribution is 6.30. The van der Waals surface area contributed by atoms with Crippen molar-refractivity contribution in [2.24, 2.45) is 11.7 Å². The first-order valence-electron chi connectivity index (χ1n) is 5.76. The third kappa shape index (κ3) is 2.23. The SMILES string of the molecule is CC1CCC(N)(c2ccc(Cl)cc2F)CC1. The van der Waals surface area contributed by atoms with Gasteiger partial charge in [0.25, 0.3) is 0 Å². The summed E-state index contributed by atoms with van der Waals surface area (Å²) in [6.45, 7) is 2.22. The minimum atomic E-state index is -0.499. The molecule has 3 heteroatoms. The Hall–Kier alpha value is -0.600. The smallest absolute Gasteiger partial charge is 0.129 e. The second kappa shape index (κ2) is 4.34. The lowest BCUT2D eigenvalue weighted by molar-refractivity contribution is 0.242. The van der Waals surface area contributed by atoms with Crippen LogP contribution in [0.25, 0.3) is 0 Å². The average Bonchev–Trinajstić information content (AvgIpc) is 2.22. The van der Waals surface area contributed by atoms with Crippen molar-refractivity contribution in [3.05, 3.63) is 34.6 Å². The van der Waals surface area contributed by atoms with E-state index in [-0.39, 0.29) is 5.82 Å². The van der Waals surface area contributed by atoms with Crippen LogP contribution in [0.4, 0.5) is 4.39 Å². The standard InChI is InChI=1S/C13H17ClFN/c1-9-4-6-13(16,7-5-9)11-3-2-10(14)8-12(11)15/h2-3,8-9H,4-7,16H2,1H3. The van der Waals surface area contributed by atoms with E-state index in [4.69, 9.17) is 17.3 Å². The van der Waals surface area contributed by atoms with Gasteiger partial charge in [-0.2, -0.15) is 0 Å². The number of hydrogen-bond donors (Lipinski definition) is 1. The largest absolute Gasteiger partial charge is 0.321 e. The summed E-state index contributed by atoms with van der Waals surface area (Å²) < 4.78 is 13.8.